The molecule has 2 rings (SSSR count). The van der Waals surface area contributed by atoms with Gasteiger partial charge in [0.15, 0.2) is 0 Å². The molecule has 0 spiro atoms. The Bertz CT molecular complexity index is 381. The zero-order valence-corrected chi connectivity index (χ0v) is 9.24. The maximum Gasteiger partial charge on any atom is 0.323 e. The molecule has 2 unspecified atom stereocenters. The number of aliphatic hydroxyl groups excluding tert-OH is 1. The van der Waals surface area contributed by atoms with Crippen LogP contribution in [0, 0.1) is 0 Å². The van der Waals surface area contributed by atoms with Gasteiger partial charge in [-0.15, -0.1) is 0 Å². The number of benzene rings is 1. The van der Waals surface area contributed by atoms with Crippen molar-refractivity contribution in [3.05, 3.63) is 35.9 Å². The fourth-order valence-corrected chi connectivity index (χ4v) is 1.87. The first kappa shape index (κ1) is 12.0. The zero-order valence-electron chi connectivity index (χ0n) is 9.24. The Hall–Kier alpha value is -1.43. The van der Waals surface area contributed by atoms with Gasteiger partial charge in [-0.2, -0.15) is 0 Å². The predicted octanol–water partition coefficient (Wildman–Crippen LogP) is -0.0109. The number of hydrogen-bond donors (Lipinski definition) is 3. The van der Waals surface area contributed by atoms with Gasteiger partial charge in [-0.3, -0.25) is 10.1 Å². The lowest BCUT2D eigenvalue weighted by molar-refractivity contribution is -0.142. The second-order valence-corrected chi connectivity index (χ2v) is 4.05. The summed E-state index contributed by atoms with van der Waals surface area (Å²) in [4.78, 5) is 10.8. The quantitative estimate of drug-likeness (QED) is 0.686. The van der Waals surface area contributed by atoms with Crippen molar-refractivity contribution in [2.45, 2.75) is 24.9 Å². The number of aliphatic hydroxyl groups is 1. The second kappa shape index (κ2) is 5.27. The molecule has 0 aliphatic carbocycles. The third-order valence-electron chi connectivity index (χ3n) is 2.83. The normalized spacial score (nSPS) is 28.2. The predicted molar refractivity (Wildman–Crippen MR) is 60.5 cm³/mol. The summed E-state index contributed by atoms with van der Waals surface area (Å²) in [6.45, 7) is 0.724. The summed E-state index contributed by atoms with van der Waals surface area (Å²) >= 11 is 0. The molecule has 5 heteroatoms. The molecule has 92 valence electrons. The lowest BCUT2D eigenvalue weighted by Crippen LogP contribution is -2.40. The van der Waals surface area contributed by atoms with Crippen LogP contribution in [0.5, 0.6) is 0 Å². The summed E-state index contributed by atoms with van der Waals surface area (Å²) in [6, 6.07) is 8.63. The van der Waals surface area contributed by atoms with E-state index in [9.17, 15) is 9.90 Å². The van der Waals surface area contributed by atoms with Crippen LogP contribution in [0.2, 0.25) is 0 Å². The average molecular weight is 237 g/mol. The minimum atomic E-state index is -1.05. The van der Waals surface area contributed by atoms with E-state index in [0.717, 1.165) is 5.56 Å². The Morgan fingerprint density at radius 1 is 1.41 bits per heavy atom. The zero-order chi connectivity index (χ0) is 12.3. The van der Waals surface area contributed by atoms with E-state index in [2.05, 4.69) is 5.32 Å². The second-order valence-electron chi connectivity index (χ2n) is 4.05. The summed E-state index contributed by atoms with van der Waals surface area (Å²) in [5.74, 6) is -1.05. The summed E-state index contributed by atoms with van der Waals surface area (Å²) in [7, 11) is 0. The molecule has 0 aromatic heterocycles. The first-order valence-electron chi connectivity index (χ1n) is 5.48. The molecule has 1 aliphatic rings. The van der Waals surface area contributed by atoms with Crippen LogP contribution in [-0.2, 0) is 16.1 Å². The van der Waals surface area contributed by atoms with Crippen molar-refractivity contribution in [2.75, 3.05) is 6.54 Å². The van der Waals surface area contributed by atoms with Crippen LogP contribution in [0.25, 0.3) is 0 Å². The van der Waals surface area contributed by atoms with E-state index >= 15 is 0 Å². The summed E-state index contributed by atoms with van der Waals surface area (Å²) in [5, 5.41) is 21.3. The van der Waals surface area contributed by atoms with Crippen molar-refractivity contribution < 1.29 is 19.7 Å². The van der Waals surface area contributed by atoms with E-state index < -0.39 is 24.2 Å². The molecule has 1 heterocycles. The smallest absolute Gasteiger partial charge is 0.323 e. The minimum Gasteiger partial charge on any atom is -0.480 e. The summed E-state index contributed by atoms with van der Waals surface area (Å²) in [5.41, 5.74) is 0.999. The van der Waals surface area contributed by atoms with Crippen molar-refractivity contribution in [1.29, 1.82) is 0 Å². The number of carboxylic acids is 1. The highest BCUT2D eigenvalue weighted by Crippen LogP contribution is 2.14. The maximum absolute atomic E-state index is 10.8. The van der Waals surface area contributed by atoms with Crippen LogP contribution >= 0.6 is 0 Å². The minimum absolute atomic E-state index is 0.352. The van der Waals surface area contributed by atoms with Gasteiger partial charge >= 0.3 is 5.97 Å². The third kappa shape index (κ3) is 2.82. The molecule has 0 bridgehead atoms. The first-order chi connectivity index (χ1) is 8.18. The largest absolute Gasteiger partial charge is 0.480 e. The van der Waals surface area contributed by atoms with Crippen molar-refractivity contribution >= 4 is 5.97 Å². The maximum atomic E-state index is 10.8. The number of ether oxygens (including phenoxy) is 1. The van der Waals surface area contributed by atoms with Crippen LogP contribution in [-0.4, -0.2) is 41.0 Å². The Morgan fingerprint density at radius 3 is 2.71 bits per heavy atom. The molecular formula is C12H15NO4. The van der Waals surface area contributed by atoms with Gasteiger partial charge in [0.1, 0.15) is 12.1 Å². The van der Waals surface area contributed by atoms with Crippen LogP contribution in [0.4, 0.5) is 0 Å². The van der Waals surface area contributed by atoms with E-state index in [4.69, 9.17) is 9.84 Å². The van der Waals surface area contributed by atoms with Gasteiger partial charge in [0.2, 0.25) is 0 Å². The topological polar surface area (TPSA) is 78.8 Å². The third-order valence-corrected chi connectivity index (χ3v) is 2.83. The number of rotatable bonds is 4. The first-order valence-corrected chi connectivity index (χ1v) is 5.48. The van der Waals surface area contributed by atoms with Crippen LogP contribution < -0.4 is 5.32 Å². The monoisotopic (exact) mass is 237 g/mol. The highest BCUT2D eigenvalue weighted by molar-refractivity contribution is 5.74. The Balaban J connectivity index is 1.87. The van der Waals surface area contributed by atoms with Gasteiger partial charge in [-0.1, -0.05) is 30.3 Å². The Labute approximate surface area is 99.0 Å². The van der Waals surface area contributed by atoms with E-state index in [1.165, 1.54) is 0 Å². The van der Waals surface area contributed by atoms with Gasteiger partial charge < -0.3 is 14.9 Å². The molecule has 0 radical (unpaired) electrons. The summed E-state index contributed by atoms with van der Waals surface area (Å²) in [6.07, 6.45) is -1.48. The van der Waals surface area contributed by atoms with Gasteiger partial charge in [0.25, 0.3) is 0 Å². The Morgan fingerprint density at radius 2 is 2.12 bits per heavy atom. The molecule has 3 atom stereocenters. The number of carbonyl (C=O) groups is 1. The number of nitrogens with one attached hydrogen (secondary N) is 1. The van der Waals surface area contributed by atoms with E-state index in [1.807, 2.05) is 30.3 Å². The van der Waals surface area contributed by atoms with Gasteiger partial charge in [-0.05, 0) is 5.56 Å². The fourth-order valence-electron chi connectivity index (χ4n) is 1.87. The van der Waals surface area contributed by atoms with Crippen molar-refractivity contribution in [2.24, 2.45) is 0 Å². The SMILES string of the molecule is O=C(O)[C@H]1NCC(OCc2ccccc2)C1O. The van der Waals surface area contributed by atoms with Gasteiger partial charge in [0, 0.05) is 6.54 Å². The molecular weight excluding hydrogens is 222 g/mol. The van der Waals surface area contributed by atoms with Crippen molar-refractivity contribution in [1.82, 2.24) is 5.32 Å². The van der Waals surface area contributed by atoms with Crippen LogP contribution in [0.3, 0.4) is 0 Å². The lowest BCUT2D eigenvalue weighted by Gasteiger charge is -2.16. The molecule has 5 nitrogen and oxygen atoms in total. The highest BCUT2D eigenvalue weighted by Gasteiger charge is 2.39. The average Bonchev–Trinajstić information content (AvgIpc) is 2.69. The molecule has 1 aromatic carbocycles. The molecule has 1 saturated heterocycles. The lowest BCUT2D eigenvalue weighted by atomic mass is 10.1. The number of hydrogen-bond acceptors (Lipinski definition) is 4. The molecule has 3 N–H and O–H groups in total. The van der Waals surface area contributed by atoms with Crippen LogP contribution in [0.15, 0.2) is 30.3 Å². The van der Waals surface area contributed by atoms with Gasteiger partial charge in [-0.25, -0.2) is 0 Å². The molecule has 1 aromatic rings. The van der Waals surface area contributed by atoms with Crippen LogP contribution in [0.1, 0.15) is 5.56 Å². The fraction of sp³-hybridized carbons (Fsp3) is 0.417. The molecule has 1 aliphatic heterocycles. The number of aliphatic carboxylic acids is 1. The Kier molecular flexibility index (Phi) is 3.73. The van der Waals surface area contributed by atoms with Crippen molar-refractivity contribution in [3.8, 4) is 0 Å². The van der Waals surface area contributed by atoms with Crippen molar-refractivity contribution in [3.63, 3.8) is 0 Å². The molecule has 1 fully saturated rings. The molecule has 17 heavy (non-hydrogen) atoms. The highest BCUT2D eigenvalue weighted by atomic mass is 16.5. The summed E-state index contributed by atoms with van der Waals surface area (Å²) < 4.78 is 5.51. The molecule has 0 amide bonds. The molecule has 0 saturated carbocycles. The van der Waals surface area contributed by atoms with E-state index in [1.54, 1.807) is 0 Å². The number of carboxylic acid groups (broad SMARTS) is 1. The van der Waals surface area contributed by atoms with Gasteiger partial charge in [0.05, 0.1) is 12.7 Å². The standard InChI is InChI=1S/C12H15NO4/c14-11-9(6-13-10(11)12(15)16)17-7-8-4-2-1-3-5-8/h1-5,9-11,13-14H,6-7H2,(H,15,16)/t9?,10-,11?/m0/s1. The van der Waals surface area contributed by atoms with E-state index in [0.29, 0.717) is 13.2 Å². The van der Waals surface area contributed by atoms with E-state index in [-0.39, 0.29) is 0 Å².